The lowest BCUT2D eigenvalue weighted by atomic mass is 9.75. The molecule has 3 heteroatoms. The molecule has 6 atom stereocenters. The number of rotatable bonds is 4. The van der Waals surface area contributed by atoms with Gasteiger partial charge in [0.25, 0.3) is 0 Å². The van der Waals surface area contributed by atoms with Crippen LogP contribution in [0.1, 0.15) is 31.7 Å². The van der Waals surface area contributed by atoms with E-state index in [9.17, 15) is 5.11 Å². The van der Waals surface area contributed by atoms with Crippen molar-refractivity contribution in [3.63, 3.8) is 0 Å². The van der Waals surface area contributed by atoms with E-state index in [1.807, 2.05) is 30.3 Å². The Balaban J connectivity index is 1.70. The van der Waals surface area contributed by atoms with Crippen LogP contribution in [0.3, 0.4) is 0 Å². The highest BCUT2D eigenvalue weighted by Crippen LogP contribution is 2.57. The van der Waals surface area contributed by atoms with Gasteiger partial charge in [0.15, 0.2) is 5.79 Å². The first kappa shape index (κ1) is 13.5. The second-order valence-corrected chi connectivity index (χ2v) is 6.41. The van der Waals surface area contributed by atoms with Gasteiger partial charge in [0.2, 0.25) is 0 Å². The SMILES string of the molecule is CCCC[C@H]1O[C@@](O)(c2ccccc2)[C@@H]2[C@@H]1[C@H]1C=C[C@@H]2O1. The van der Waals surface area contributed by atoms with Gasteiger partial charge < -0.3 is 14.6 Å². The molecule has 2 saturated heterocycles. The molecule has 21 heavy (non-hydrogen) atoms. The van der Waals surface area contributed by atoms with Gasteiger partial charge in [-0.15, -0.1) is 0 Å². The average Bonchev–Trinajstić information content (AvgIpc) is 3.19. The van der Waals surface area contributed by atoms with Gasteiger partial charge in [-0.1, -0.05) is 62.2 Å². The van der Waals surface area contributed by atoms with E-state index in [0.717, 1.165) is 24.8 Å². The number of fused-ring (bicyclic) bond motifs is 5. The van der Waals surface area contributed by atoms with E-state index < -0.39 is 5.79 Å². The molecule has 112 valence electrons. The van der Waals surface area contributed by atoms with E-state index in [1.54, 1.807) is 0 Å². The highest BCUT2D eigenvalue weighted by atomic mass is 16.6. The summed E-state index contributed by atoms with van der Waals surface area (Å²) in [6, 6.07) is 9.78. The largest absolute Gasteiger partial charge is 0.366 e. The van der Waals surface area contributed by atoms with Gasteiger partial charge in [-0.2, -0.15) is 0 Å². The summed E-state index contributed by atoms with van der Waals surface area (Å²) >= 11 is 0. The van der Waals surface area contributed by atoms with Gasteiger partial charge in [-0.25, -0.2) is 0 Å². The second kappa shape index (κ2) is 4.94. The van der Waals surface area contributed by atoms with Crippen LogP contribution in [0.2, 0.25) is 0 Å². The van der Waals surface area contributed by atoms with Crippen LogP contribution in [0.25, 0.3) is 0 Å². The molecular formula is C18H22O3. The second-order valence-electron chi connectivity index (χ2n) is 6.41. The van der Waals surface area contributed by atoms with Crippen molar-refractivity contribution in [2.45, 2.75) is 50.3 Å². The molecule has 0 aliphatic carbocycles. The standard InChI is InChI=1S/C18H22O3/c1-2-3-9-14-16-13-10-11-15(20-13)17(16)18(19,21-14)12-7-5-4-6-8-12/h4-8,10-11,13-17,19H,2-3,9H2,1H3/t13-,14-,15+,16-,17+,18+/m1/s1. The zero-order valence-electron chi connectivity index (χ0n) is 12.3. The van der Waals surface area contributed by atoms with E-state index >= 15 is 0 Å². The first-order valence-corrected chi connectivity index (χ1v) is 8.03. The van der Waals surface area contributed by atoms with Crippen molar-refractivity contribution < 1.29 is 14.6 Å². The molecule has 0 amide bonds. The summed E-state index contributed by atoms with van der Waals surface area (Å²) in [7, 11) is 0. The van der Waals surface area contributed by atoms with Crippen molar-refractivity contribution in [3.8, 4) is 0 Å². The number of ether oxygens (including phenoxy) is 2. The monoisotopic (exact) mass is 286 g/mol. The van der Waals surface area contributed by atoms with Crippen LogP contribution in [-0.2, 0) is 15.3 Å². The van der Waals surface area contributed by atoms with Crippen molar-refractivity contribution in [1.29, 1.82) is 0 Å². The molecule has 0 spiro atoms. The summed E-state index contributed by atoms with van der Waals surface area (Å²) < 4.78 is 12.2. The third-order valence-electron chi connectivity index (χ3n) is 5.19. The van der Waals surface area contributed by atoms with E-state index in [1.165, 1.54) is 0 Å². The number of hydrogen-bond donors (Lipinski definition) is 1. The maximum Gasteiger partial charge on any atom is 0.198 e. The maximum absolute atomic E-state index is 11.3. The molecule has 0 radical (unpaired) electrons. The van der Waals surface area contributed by atoms with Crippen LogP contribution in [0, 0.1) is 11.8 Å². The van der Waals surface area contributed by atoms with Crippen molar-refractivity contribution in [1.82, 2.24) is 0 Å². The average molecular weight is 286 g/mol. The Hall–Kier alpha value is -1.16. The fraction of sp³-hybridized carbons (Fsp3) is 0.556. The van der Waals surface area contributed by atoms with Crippen LogP contribution in [-0.4, -0.2) is 23.4 Å². The molecule has 4 rings (SSSR count). The quantitative estimate of drug-likeness (QED) is 0.865. The predicted molar refractivity (Wildman–Crippen MR) is 79.5 cm³/mol. The molecule has 2 fully saturated rings. The Morgan fingerprint density at radius 3 is 2.67 bits per heavy atom. The summed E-state index contributed by atoms with van der Waals surface area (Å²) in [4.78, 5) is 0. The molecule has 3 aliphatic heterocycles. The van der Waals surface area contributed by atoms with Crippen LogP contribution in [0.5, 0.6) is 0 Å². The topological polar surface area (TPSA) is 38.7 Å². The van der Waals surface area contributed by atoms with Gasteiger partial charge in [0.1, 0.15) is 0 Å². The van der Waals surface area contributed by atoms with Gasteiger partial charge >= 0.3 is 0 Å². The fourth-order valence-corrected chi connectivity index (χ4v) is 4.25. The molecule has 1 N–H and O–H groups in total. The highest BCUT2D eigenvalue weighted by molar-refractivity contribution is 5.29. The molecule has 3 nitrogen and oxygen atoms in total. The Morgan fingerprint density at radius 2 is 1.90 bits per heavy atom. The van der Waals surface area contributed by atoms with Gasteiger partial charge in [0.05, 0.1) is 24.2 Å². The normalized spacial score (nSPS) is 43.4. The minimum atomic E-state index is -1.21. The number of benzene rings is 1. The Labute approximate surface area is 125 Å². The van der Waals surface area contributed by atoms with Crippen molar-refractivity contribution in [2.24, 2.45) is 11.8 Å². The smallest absolute Gasteiger partial charge is 0.198 e. The third-order valence-corrected chi connectivity index (χ3v) is 5.19. The van der Waals surface area contributed by atoms with Crippen molar-refractivity contribution in [3.05, 3.63) is 48.0 Å². The zero-order valence-corrected chi connectivity index (χ0v) is 12.3. The lowest BCUT2D eigenvalue weighted by Gasteiger charge is -2.31. The molecule has 1 aromatic carbocycles. The van der Waals surface area contributed by atoms with Gasteiger partial charge in [0, 0.05) is 11.5 Å². The Morgan fingerprint density at radius 1 is 1.14 bits per heavy atom. The minimum absolute atomic E-state index is 0.0109. The van der Waals surface area contributed by atoms with Crippen molar-refractivity contribution in [2.75, 3.05) is 0 Å². The Bertz CT molecular complexity index is 541. The zero-order chi connectivity index (χ0) is 14.4. The predicted octanol–water partition coefficient (Wildman–Crippen LogP) is 2.99. The maximum atomic E-state index is 11.3. The Kier molecular flexibility index (Phi) is 3.18. The third kappa shape index (κ3) is 1.91. The van der Waals surface area contributed by atoms with Crippen LogP contribution in [0.15, 0.2) is 42.5 Å². The lowest BCUT2D eigenvalue weighted by Crippen LogP contribution is -2.38. The first-order valence-electron chi connectivity index (χ1n) is 8.03. The van der Waals surface area contributed by atoms with Gasteiger partial charge in [-0.05, 0) is 6.42 Å². The molecule has 0 saturated carbocycles. The summed E-state index contributed by atoms with van der Waals surface area (Å²) in [6.45, 7) is 2.19. The summed E-state index contributed by atoms with van der Waals surface area (Å²) in [6.07, 6.45) is 7.67. The van der Waals surface area contributed by atoms with Crippen LogP contribution >= 0.6 is 0 Å². The molecule has 3 heterocycles. The van der Waals surface area contributed by atoms with Crippen molar-refractivity contribution >= 4 is 0 Å². The molecular weight excluding hydrogens is 264 g/mol. The van der Waals surface area contributed by atoms with E-state index in [-0.39, 0.29) is 30.1 Å². The van der Waals surface area contributed by atoms with Crippen LogP contribution in [0.4, 0.5) is 0 Å². The molecule has 3 aliphatic rings. The van der Waals surface area contributed by atoms with Crippen LogP contribution < -0.4 is 0 Å². The molecule has 0 unspecified atom stereocenters. The number of aliphatic hydroxyl groups is 1. The first-order chi connectivity index (χ1) is 10.2. The fourth-order valence-electron chi connectivity index (χ4n) is 4.25. The number of hydrogen-bond acceptors (Lipinski definition) is 3. The minimum Gasteiger partial charge on any atom is -0.366 e. The summed E-state index contributed by atoms with van der Waals surface area (Å²) in [5.41, 5.74) is 0.851. The molecule has 0 aromatic heterocycles. The lowest BCUT2D eigenvalue weighted by molar-refractivity contribution is -0.233. The molecule has 2 bridgehead atoms. The summed E-state index contributed by atoms with van der Waals surface area (Å²) in [5, 5.41) is 11.3. The summed E-state index contributed by atoms with van der Waals surface area (Å²) in [5.74, 6) is -0.928. The number of unbranched alkanes of at least 4 members (excludes halogenated alkanes) is 1. The van der Waals surface area contributed by atoms with E-state index in [4.69, 9.17) is 9.47 Å². The van der Waals surface area contributed by atoms with Gasteiger partial charge in [-0.3, -0.25) is 0 Å². The highest BCUT2D eigenvalue weighted by Gasteiger charge is 2.64. The van der Waals surface area contributed by atoms with E-state index in [2.05, 4.69) is 19.1 Å². The van der Waals surface area contributed by atoms with E-state index in [0.29, 0.717) is 0 Å². The molecule has 1 aromatic rings.